The summed E-state index contributed by atoms with van der Waals surface area (Å²) in [5.41, 5.74) is 0. The number of hydrogen-bond donors (Lipinski definition) is 1. The number of benzene rings is 2. The first kappa shape index (κ1) is 16.1. The average Bonchev–Trinajstić information content (AvgIpc) is 3.15. The maximum absolute atomic E-state index is 11.8. The van der Waals surface area contributed by atoms with Gasteiger partial charge in [-0.2, -0.15) is 0 Å². The van der Waals surface area contributed by atoms with Gasteiger partial charge < -0.3 is 14.8 Å². The molecule has 0 aliphatic rings. The molecule has 24 heavy (non-hydrogen) atoms. The molecule has 1 aromatic heterocycles. The van der Waals surface area contributed by atoms with Gasteiger partial charge in [-0.15, -0.1) is 11.3 Å². The molecule has 0 spiro atoms. The molecule has 0 fully saturated rings. The SMILES string of the molecule is O=C(NCCOc1cccc(Oc2ccccc2)c1)c1cccs1. The first-order valence-corrected chi connectivity index (χ1v) is 8.47. The van der Waals surface area contributed by atoms with Crippen molar-refractivity contribution in [2.24, 2.45) is 0 Å². The molecule has 3 rings (SSSR count). The van der Waals surface area contributed by atoms with Crippen LogP contribution in [0.15, 0.2) is 72.1 Å². The average molecular weight is 339 g/mol. The molecule has 1 heterocycles. The van der Waals surface area contributed by atoms with Crippen molar-refractivity contribution in [3.8, 4) is 17.2 Å². The number of hydrogen-bond acceptors (Lipinski definition) is 4. The second kappa shape index (κ2) is 8.17. The number of para-hydroxylation sites is 1. The van der Waals surface area contributed by atoms with Crippen LogP contribution in [0.3, 0.4) is 0 Å². The molecule has 1 amide bonds. The van der Waals surface area contributed by atoms with Crippen molar-refractivity contribution < 1.29 is 14.3 Å². The van der Waals surface area contributed by atoms with E-state index in [9.17, 15) is 4.79 Å². The summed E-state index contributed by atoms with van der Waals surface area (Å²) in [5, 5.41) is 4.70. The molecule has 5 heteroatoms. The molecule has 0 saturated heterocycles. The summed E-state index contributed by atoms with van der Waals surface area (Å²) >= 11 is 1.42. The Bertz CT molecular complexity index is 772. The molecule has 0 radical (unpaired) electrons. The smallest absolute Gasteiger partial charge is 0.261 e. The van der Waals surface area contributed by atoms with E-state index in [4.69, 9.17) is 9.47 Å². The van der Waals surface area contributed by atoms with Crippen LogP contribution in [0, 0.1) is 0 Å². The third-order valence-electron chi connectivity index (χ3n) is 3.19. The third-order valence-corrected chi connectivity index (χ3v) is 4.05. The van der Waals surface area contributed by atoms with Crippen LogP contribution in [-0.4, -0.2) is 19.1 Å². The minimum Gasteiger partial charge on any atom is -0.492 e. The quantitative estimate of drug-likeness (QED) is 0.651. The molecule has 4 nitrogen and oxygen atoms in total. The highest BCUT2D eigenvalue weighted by Crippen LogP contribution is 2.24. The van der Waals surface area contributed by atoms with Crippen molar-refractivity contribution in [1.29, 1.82) is 0 Å². The van der Waals surface area contributed by atoms with E-state index in [1.54, 1.807) is 6.07 Å². The number of carbonyl (C=O) groups is 1. The molecular formula is C19H17NO3S. The molecule has 3 aromatic rings. The Hall–Kier alpha value is -2.79. The third kappa shape index (κ3) is 4.60. The van der Waals surface area contributed by atoms with Gasteiger partial charge in [-0.3, -0.25) is 4.79 Å². The zero-order valence-corrected chi connectivity index (χ0v) is 13.8. The summed E-state index contributed by atoms with van der Waals surface area (Å²) < 4.78 is 11.4. The Morgan fingerprint density at radius 1 is 0.917 bits per heavy atom. The van der Waals surface area contributed by atoms with Gasteiger partial charge in [0.15, 0.2) is 0 Å². The van der Waals surface area contributed by atoms with Gasteiger partial charge in [0.2, 0.25) is 0 Å². The number of ether oxygens (including phenoxy) is 2. The second-order valence-corrected chi connectivity index (χ2v) is 5.92. The van der Waals surface area contributed by atoms with Gasteiger partial charge >= 0.3 is 0 Å². The van der Waals surface area contributed by atoms with Crippen LogP contribution in [0.4, 0.5) is 0 Å². The highest BCUT2D eigenvalue weighted by atomic mass is 32.1. The second-order valence-electron chi connectivity index (χ2n) is 4.97. The van der Waals surface area contributed by atoms with Crippen molar-refractivity contribution in [3.63, 3.8) is 0 Å². The van der Waals surface area contributed by atoms with Gasteiger partial charge in [0, 0.05) is 6.07 Å². The van der Waals surface area contributed by atoms with Crippen LogP contribution < -0.4 is 14.8 Å². The topological polar surface area (TPSA) is 47.6 Å². The fourth-order valence-electron chi connectivity index (χ4n) is 2.08. The molecule has 0 aliphatic carbocycles. The van der Waals surface area contributed by atoms with E-state index in [0.717, 1.165) is 5.75 Å². The van der Waals surface area contributed by atoms with Gasteiger partial charge in [-0.1, -0.05) is 30.3 Å². The minimum atomic E-state index is -0.0743. The molecule has 1 N–H and O–H groups in total. The molecule has 0 bridgehead atoms. The first-order valence-electron chi connectivity index (χ1n) is 7.59. The van der Waals surface area contributed by atoms with E-state index >= 15 is 0 Å². The largest absolute Gasteiger partial charge is 0.492 e. The lowest BCUT2D eigenvalue weighted by Gasteiger charge is -2.09. The van der Waals surface area contributed by atoms with E-state index < -0.39 is 0 Å². The van der Waals surface area contributed by atoms with Crippen molar-refractivity contribution in [2.75, 3.05) is 13.2 Å². The lowest BCUT2D eigenvalue weighted by atomic mass is 10.3. The standard InChI is InChI=1S/C19H17NO3S/c21-19(18-10-5-13-24-18)20-11-12-22-16-8-4-9-17(14-16)23-15-6-2-1-3-7-15/h1-10,13-14H,11-12H2,(H,20,21). The van der Waals surface area contributed by atoms with E-state index in [0.29, 0.717) is 29.5 Å². The molecule has 0 atom stereocenters. The molecule has 2 aromatic carbocycles. The normalized spacial score (nSPS) is 10.2. The summed E-state index contributed by atoms with van der Waals surface area (Å²) in [6.07, 6.45) is 0. The van der Waals surface area contributed by atoms with Crippen LogP contribution in [0.2, 0.25) is 0 Å². The number of carbonyl (C=O) groups excluding carboxylic acids is 1. The summed E-state index contributed by atoms with van der Waals surface area (Å²) in [6, 6.07) is 20.7. The van der Waals surface area contributed by atoms with Crippen LogP contribution in [0.5, 0.6) is 17.2 Å². The minimum absolute atomic E-state index is 0.0743. The zero-order chi connectivity index (χ0) is 16.6. The molecule has 0 saturated carbocycles. The molecule has 0 aliphatic heterocycles. The summed E-state index contributed by atoms with van der Waals surface area (Å²) in [5.74, 6) is 2.11. The van der Waals surface area contributed by atoms with Gasteiger partial charge in [0.25, 0.3) is 5.91 Å². The molecule has 122 valence electrons. The number of nitrogens with one attached hydrogen (secondary N) is 1. The van der Waals surface area contributed by atoms with Crippen LogP contribution >= 0.6 is 11.3 Å². The van der Waals surface area contributed by atoms with Crippen molar-refractivity contribution in [3.05, 3.63) is 77.0 Å². The molecular weight excluding hydrogens is 322 g/mol. The van der Waals surface area contributed by atoms with Crippen molar-refractivity contribution in [2.45, 2.75) is 0 Å². The predicted octanol–water partition coefficient (Wildman–Crippen LogP) is 4.35. The first-order chi connectivity index (χ1) is 11.8. The maximum Gasteiger partial charge on any atom is 0.261 e. The van der Waals surface area contributed by atoms with Crippen LogP contribution in [-0.2, 0) is 0 Å². The summed E-state index contributed by atoms with van der Waals surface area (Å²) in [6.45, 7) is 0.840. The van der Waals surface area contributed by atoms with Gasteiger partial charge in [0.05, 0.1) is 11.4 Å². The highest BCUT2D eigenvalue weighted by molar-refractivity contribution is 7.12. The van der Waals surface area contributed by atoms with Gasteiger partial charge in [-0.25, -0.2) is 0 Å². The van der Waals surface area contributed by atoms with E-state index in [1.165, 1.54) is 11.3 Å². The Morgan fingerprint density at radius 3 is 2.50 bits per heavy atom. The number of thiophene rings is 1. The van der Waals surface area contributed by atoms with Gasteiger partial charge in [0.1, 0.15) is 23.9 Å². The van der Waals surface area contributed by atoms with E-state index in [-0.39, 0.29) is 5.91 Å². The zero-order valence-electron chi connectivity index (χ0n) is 13.0. The van der Waals surface area contributed by atoms with E-state index in [1.807, 2.05) is 66.0 Å². The fraction of sp³-hybridized carbons (Fsp3) is 0.105. The van der Waals surface area contributed by atoms with E-state index in [2.05, 4.69) is 5.32 Å². The molecule has 0 unspecified atom stereocenters. The Labute approximate surface area is 144 Å². The predicted molar refractivity (Wildman–Crippen MR) is 95.1 cm³/mol. The monoisotopic (exact) mass is 339 g/mol. The van der Waals surface area contributed by atoms with Gasteiger partial charge in [-0.05, 0) is 35.7 Å². The van der Waals surface area contributed by atoms with Crippen molar-refractivity contribution in [1.82, 2.24) is 5.32 Å². The van der Waals surface area contributed by atoms with Crippen LogP contribution in [0.1, 0.15) is 9.67 Å². The number of rotatable bonds is 7. The van der Waals surface area contributed by atoms with Crippen molar-refractivity contribution >= 4 is 17.2 Å². The lowest BCUT2D eigenvalue weighted by Crippen LogP contribution is -2.27. The lowest BCUT2D eigenvalue weighted by molar-refractivity contribution is 0.0951. The Morgan fingerprint density at radius 2 is 1.71 bits per heavy atom. The maximum atomic E-state index is 11.8. The number of amides is 1. The Kier molecular flexibility index (Phi) is 5.48. The fourth-order valence-corrected chi connectivity index (χ4v) is 2.72. The Balaban J connectivity index is 1.47. The summed E-state index contributed by atoms with van der Waals surface area (Å²) in [4.78, 5) is 12.5. The van der Waals surface area contributed by atoms with Crippen LogP contribution in [0.25, 0.3) is 0 Å². The summed E-state index contributed by atoms with van der Waals surface area (Å²) in [7, 11) is 0. The highest BCUT2D eigenvalue weighted by Gasteiger charge is 2.05.